The van der Waals surface area contributed by atoms with Crippen molar-refractivity contribution in [1.82, 2.24) is 0 Å². The largest absolute Gasteiger partial charge is 0.404 e. The van der Waals surface area contributed by atoms with Crippen LogP contribution in [-0.2, 0) is 13.9 Å². The van der Waals surface area contributed by atoms with Crippen molar-refractivity contribution in [2.24, 2.45) is 0 Å². The summed E-state index contributed by atoms with van der Waals surface area (Å²) in [5, 5.41) is 2.53. The SMILES string of the molecule is C=CC[C@H](C[C@H]1COC(C)(C)O1)O[Si](c1ccccc1)(c1ccccc1)C(C)(C)C. The summed E-state index contributed by atoms with van der Waals surface area (Å²) in [4.78, 5) is 0. The third-order valence-corrected chi connectivity index (χ3v) is 10.9. The van der Waals surface area contributed by atoms with Crippen LogP contribution in [0, 0.1) is 0 Å². The van der Waals surface area contributed by atoms with Crippen molar-refractivity contribution in [1.29, 1.82) is 0 Å². The molecule has 0 aliphatic carbocycles. The van der Waals surface area contributed by atoms with Crippen LogP contribution >= 0.6 is 0 Å². The highest BCUT2D eigenvalue weighted by Crippen LogP contribution is 2.39. The van der Waals surface area contributed by atoms with E-state index in [1.807, 2.05) is 19.9 Å². The number of rotatable bonds is 8. The van der Waals surface area contributed by atoms with E-state index in [0.29, 0.717) is 6.61 Å². The molecule has 0 aromatic heterocycles. The Labute approximate surface area is 183 Å². The first-order valence-electron chi connectivity index (χ1n) is 10.9. The van der Waals surface area contributed by atoms with Crippen LogP contribution in [0.15, 0.2) is 73.3 Å². The Kier molecular flexibility index (Phi) is 7.03. The summed E-state index contributed by atoms with van der Waals surface area (Å²) < 4.78 is 19.2. The quantitative estimate of drug-likeness (QED) is 0.438. The fourth-order valence-corrected chi connectivity index (χ4v) is 9.20. The van der Waals surface area contributed by atoms with Crippen LogP contribution in [0.2, 0.25) is 5.04 Å². The van der Waals surface area contributed by atoms with Crippen molar-refractivity contribution in [2.45, 2.75) is 70.5 Å². The zero-order chi connectivity index (χ0) is 21.8. The number of hydrogen-bond donors (Lipinski definition) is 0. The molecular weight excluding hydrogens is 388 g/mol. The molecule has 0 amide bonds. The van der Waals surface area contributed by atoms with E-state index in [1.54, 1.807) is 0 Å². The second kappa shape index (κ2) is 9.19. The standard InChI is InChI=1S/C26H36O3Si/c1-7-14-21(19-22-20-27-26(5,6)28-22)29-30(25(2,3)4,23-15-10-8-11-16-23)24-17-12-9-13-18-24/h7-13,15-18,21-22H,1,14,19-20H2,2-6H3/t21-,22+/m1/s1. The maximum absolute atomic E-state index is 7.28. The Bertz CT molecular complexity index is 772. The predicted molar refractivity (Wildman–Crippen MR) is 127 cm³/mol. The van der Waals surface area contributed by atoms with Gasteiger partial charge < -0.3 is 13.9 Å². The van der Waals surface area contributed by atoms with Crippen molar-refractivity contribution in [2.75, 3.05) is 6.61 Å². The molecule has 1 aliphatic heterocycles. The molecule has 2 aromatic carbocycles. The lowest BCUT2D eigenvalue weighted by molar-refractivity contribution is -0.141. The van der Waals surface area contributed by atoms with Crippen molar-refractivity contribution in [3.05, 3.63) is 73.3 Å². The Morgan fingerprint density at radius 1 is 1.07 bits per heavy atom. The monoisotopic (exact) mass is 424 g/mol. The molecule has 2 aromatic rings. The minimum atomic E-state index is -2.60. The summed E-state index contributed by atoms with van der Waals surface area (Å²) in [7, 11) is -2.60. The maximum Gasteiger partial charge on any atom is 0.261 e. The molecular formula is C26H36O3Si. The smallest absolute Gasteiger partial charge is 0.261 e. The van der Waals surface area contributed by atoms with Gasteiger partial charge in [-0.05, 0) is 35.7 Å². The third kappa shape index (κ3) is 4.94. The molecule has 0 bridgehead atoms. The highest BCUT2D eigenvalue weighted by molar-refractivity contribution is 6.99. The second-order valence-corrected chi connectivity index (χ2v) is 13.9. The van der Waals surface area contributed by atoms with Crippen molar-refractivity contribution in [3.8, 4) is 0 Å². The van der Waals surface area contributed by atoms with Gasteiger partial charge in [0.15, 0.2) is 5.79 Å². The van der Waals surface area contributed by atoms with Gasteiger partial charge in [-0.2, -0.15) is 0 Å². The summed E-state index contributed by atoms with van der Waals surface area (Å²) in [6.07, 6.45) is 3.58. The van der Waals surface area contributed by atoms with Gasteiger partial charge in [0, 0.05) is 6.42 Å². The van der Waals surface area contributed by atoms with Gasteiger partial charge in [-0.25, -0.2) is 0 Å². The zero-order valence-corrected chi connectivity index (χ0v) is 20.1. The molecule has 0 N–H and O–H groups in total. The molecule has 3 rings (SSSR count). The van der Waals surface area contributed by atoms with Gasteiger partial charge >= 0.3 is 0 Å². The van der Waals surface area contributed by atoms with Crippen molar-refractivity contribution >= 4 is 18.7 Å². The van der Waals surface area contributed by atoms with Gasteiger partial charge in [-0.1, -0.05) is 87.5 Å². The van der Waals surface area contributed by atoms with Crippen molar-refractivity contribution < 1.29 is 13.9 Å². The second-order valence-electron chi connectivity index (χ2n) is 9.61. The van der Waals surface area contributed by atoms with E-state index in [-0.39, 0.29) is 17.2 Å². The molecule has 1 heterocycles. The minimum absolute atomic E-state index is 0.0105. The Morgan fingerprint density at radius 3 is 2.00 bits per heavy atom. The highest BCUT2D eigenvalue weighted by Gasteiger charge is 2.51. The molecule has 2 atom stereocenters. The van der Waals surface area contributed by atoms with Gasteiger partial charge in [0.2, 0.25) is 0 Å². The minimum Gasteiger partial charge on any atom is -0.404 e. The van der Waals surface area contributed by atoms with Crippen molar-refractivity contribution in [3.63, 3.8) is 0 Å². The Balaban J connectivity index is 2.03. The molecule has 162 valence electrons. The molecule has 0 saturated carbocycles. The summed E-state index contributed by atoms with van der Waals surface area (Å²) in [5.41, 5.74) is 0. The molecule has 4 heteroatoms. The van der Waals surface area contributed by atoms with Crippen LogP contribution in [0.1, 0.15) is 47.5 Å². The highest BCUT2D eigenvalue weighted by atomic mass is 28.4. The van der Waals surface area contributed by atoms with Crippen LogP contribution < -0.4 is 10.4 Å². The van der Waals surface area contributed by atoms with Gasteiger partial charge in [0.1, 0.15) is 0 Å². The zero-order valence-electron chi connectivity index (χ0n) is 19.1. The lowest BCUT2D eigenvalue weighted by atomic mass is 10.1. The average Bonchev–Trinajstić information content (AvgIpc) is 3.05. The normalized spacial score (nSPS) is 20.1. The lowest BCUT2D eigenvalue weighted by Crippen LogP contribution is -2.67. The fraction of sp³-hybridized carbons (Fsp3) is 0.462. The molecule has 0 spiro atoms. The van der Waals surface area contributed by atoms with E-state index in [4.69, 9.17) is 13.9 Å². The summed E-state index contributed by atoms with van der Waals surface area (Å²) >= 11 is 0. The van der Waals surface area contributed by atoms with Crippen LogP contribution in [0.5, 0.6) is 0 Å². The van der Waals surface area contributed by atoms with Crippen LogP contribution in [-0.4, -0.2) is 32.9 Å². The molecule has 3 nitrogen and oxygen atoms in total. The molecule has 0 unspecified atom stereocenters. The average molecular weight is 425 g/mol. The molecule has 1 saturated heterocycles. The fourth-order valence-electron chi connectivity index (χ4n) is 4.49. The van der Waals surface area contributed by atoms with E-state index >= 15 is 0 Å². The lowest BCUT2D eigenvalue weighted by Gasteiger charge is -2.45. The number of benzene rings is 2. The van der Waals surface area contributed by atoms with Gasteiger partial charge in [0.25, 0.3) is 8.32 Å². The first kappa shape index (κ1) is 23.0. The third-order valence-electron chi connectivity index (χ3n) is 5.78. The predicted octanol–water partition coefficient (Wildman–Crippen LogP) is 5.05. The molecule has 30 heavy (non-hydrogen) atoms. The number of hydrogen-bond acceptors (Lipinski definition) is 3. The van der Waals surface area contributed by atoms with E-state index < -0.39 is 14.1 Å². The summed E-state index contributed by atoms with van der Waals surface area (Å²) in [6, 6.07) is 21.5. The Hall–Kier alpha value is -1.72. The maximum atomic E-state index is 7.28. The van der Waals surface area contributed by atoms with Crippen LogP contribution in [0.4, 0.5) is 0 Å². The summed E-state index contributed by atoms with van der Waals surface area (Å²) in [5.74, 6) is -0.527. The Morgan fingerprint density at radius 2 is 1.60 bits per heavy atom. The van der Waals surface area contributed by atoms with Crippen LogP contribution in [0.25, 0.3) is 0 Å². The van der Waals surface area contributed by atoms with E-state index in [9.17, 15) is 0 Å². The van der Waals surface area contributed by atoms with E-state index in [0.717, 1.165) is 12.8 Å². The molecule has 0 radical (unpaired) electrons. The summed E-state index contributed by atoms with van der Waals surface area (Å²) in [6.45, 7) is 15.5. The number of ether oxygens (including phenoxy) is 2. The first-order valence-corrected chi connectivity index (χ1v) is 12.8. The van der Waals surface area contributed by atoms with E-state index in [2.05, 4.69) is 88.0 Å². The molecule has 1 aliphatic rings. The van der Waals surface area contributed by atoms with E-state index in [1.165, 1.54) is 10.4 Å². The topological polar surface area (TPSA) is 27.7 Å². The molecule has 1 fully saturated rings. The van der Waals surface area contributed by atoms with Crippen LogP contribution in [0.3, 0.4) is 0 Å². The van der Waals surface area contributed by atoms with Gasteiger partial charge in [-0.15, -0.1) is 6.58 Å². The van der Waals surface area contributed by atoms with Gasteiger partial charge in [0.05, 0.1) is 18.8 Å². The van der Waals surface area contributed by atoms with Gasteiger partial charge in [-0.3, -0.25) is 0 Å². The first-order chi connectivity index (χ1) is 14.2.